The standard InChI is InChI=1S/C12H26O4S/c1-3-4-5-6-7-8-12(13)10-9-11(2)17(14,15)16/h11-13H,3-10H2,1-2H3,(H,14,15,16). The van der Waals surface area contributed by atoms with Crippen LogP contribution in [0.15, 0.2) is 0 Å². The highest BCUT2D eigenvalue weighted by Crippen LogP contribution is 2.13. The third-order valence-corrected chi connectivity index (χ3v) is 4.31. The van der Waals surface area contributed by atoms with Crippen LogP contribution in [0.3, 0.4) is 0 Å². The van der Waals surface area contributed by atoms with E-state index in [1.165, 1.54) is 26.2 Å². The quantitative estimate of drug-likeness (QED) is 0.471. The topological polar surface area (TPSA) is 74.6 Å². The maximum Gasteiger partial charge on any atom is 0.267 e. The SMILES string of the molecule is CCCCCCCC(O)CCC(C)S(=O)(=O)O. The molecule has 0 aromatic heterocycles. The highest BCUT2D eigenvalue weighted by atomic mass is 32.2. The zero-order chi connectivity index (χ0) is 13.3. The number of aliphatic hydroxyl groups is 1. The molecule has 17 heavy (non-hydrogen) atoms. The summed E-state index contributed by atoms with van der Waals surface area (Å²) in [5.41, 5.74) is 0. The predicted octanol–water partition coefficient (Wildman–Crippen LogP) is 2.76. The Morgan fingerprint density at radius 3 is 2.12 bits per heavy atom. The van der Waals surface area contributed by atoms with Crippen molar-refractivity contribution in [1.29, 1.82) is 0 Å². The molecule has 104 valence electrons. The van der Waals surface area contributed by atoms with E-state index in [4.69, 9.17) is 4.55 Å². The van der Waals surface area contributed by atoms with E-state index in [0.717, 1.165) is 19.3 Å². The molecule has 0 aliphatic heterocycles. The summed E-state index contributed by atoms with van der Waals surface area (Å²) in [6.45, 7) is 3.62. The van der Waals surface area contributed by atoms with Crippen molar-refractivity contribution < 1.29 is 18.1 Å². The second-order valence-electron chi connectivity index (χ2n) is 4.76. The minimum absolute atomic E-state index is 0.314. The number of hydrogen-bond acceptors (Lipinski definition) is 3. The number of hydrogen-bond donors (Lipinski definition) is 2. The van der Waals surface area contributed by atoms with Crippen LogP contribution in [0.2, 0.25) is 0 Å². The van der Waals surface area contributed by atoms with Crippen molar-refractivity contribution in [2.75, 3.05) is 0 Å². The Hall–Kier alpha value is -0.130. The molecule has 0 bridgehead atoms. The lowest BCUT2D eigenvalue weighted by Crippen LogP contribution is -2.19. The van der Waals surface area contributed by atoms with Gasteiger partial charge in [0, 0.05) is 0 Å². The summed E-state index contributed by atoms with van der Waals surface area (Å²) >= 11 is 0. The van der Waals surface area contributed by atoms with Gasteiger partial charge in [-0.1, -0.05) is 39.0 Å². The van der Waals surface area contributed by atoms with Gasteiger partial charge in [-0.3, -0.25) is 4.55 Å². The van der Waals surface area contributed by atoms with Gasteiger partial charge < -0.3 is 5.11 Å². The monoisotopic (exact) mass is 266 g/mol. The fraction of sp³-hybridized carbons (Fsp3) is 1.00. The molecule has 0 rings (SSSR count). The maximum absolute atomic E-state index is 10.7. The Morgan fingerprint density at radius 1 is 1.00 bits per heavy atom. The summed E-state index contributed by atoms with van der Waals surface area (Å²) in [6.07, 6.45) is 6.78. The van der Waals surface area contributed by atoms with E-state index in [9.17, 15) is 13.5 Å². The van der Waals surface area contributed by atoms with Gasteiger partial charge in [0.2, 0.25) is 0 Å². The van der Waals surface area contributed by atoms with Gasteiger partial charge in [0.15, 0.2) is 0 Å². The first-order valence-corrected chi connectivity index (χ1v) is 8.02. The summed E-state index contributed by atoms with van der Waals surface area (Å²) < 4.78 is 30.3. The van der Waals surface area contributed by atoms with E-state index in [-0.39, 0.29) is 0 Å². The molecule has 2 N–H and O–H groups in total. The predicted molar refractivity (Wildman–Crippen MR) is 69.6 cm³/mol. The van der Waals surface area contributed by atoms with Crippen LogP contribution in [0, 0.1) is 0 Å². The van der Waals surface area contributed by atoms with Crippen LogP contribution < -0.4 is 0 Å². The molecule has 4 nitrogen and oxygen atoms in total. The zero-order valence-corrected chi connectivity index (χ0v) is 11.7. The molecule has 0 saturated carbocycles. The Morgan fingerprint density at radius 2 is 1.59 bits per heavy atom. The first kappa shape index (κ1) is 16.9. The average molecular weight is 266 g/mol. The van der Waals surface area contributed by atoms with Crippen LogP contribution >= 0.6 is 0 Å². The minimum atomic E-state index is -3.94. The van der Waals surface area contributed by atoms with Crippen LogP contribution in [0.25, 0.3) is 0 Å². The molecule has 0 aromatic rings. The largest absolute Gasteiger partial charge is 0.393 e. The maximum atomic E-state index is 10.7. The van der Waals surface area contributed by atoms with Crippen molar-refractivity contribution in [3.63, 3.8) is 0 Å². The molecule has 2 atom stereocenters. The first-order chi connectivity index (χ1) is 7.88. The normalized spacial score (nSPS) is 15.8. The third-order valence-electron chi connectivity index (χ3n) is 3.06. The average Bonchev–Trinajstić information content (AvgIpc) is 2.24. The van der Waals surface area contributed by atoms with Crippen molar-refractivity contribution in [2.45, 2.75) is 76.6 Å². The van der Waals surface area contributed by atoms with Crippen molar-refractivity contribution >= 4 is 10.1 Å². The zero-order valence-electron chi connectivity index (χ0n) is 10.9. The van der Waals surface area contributed by atoms with Gasteiger partial charge >= 0.3 is 0 Å². The van der Waals surface area contributed by atoms with Gasteiger partial charge in [-0.25, -0.2) is 0 Å². The molecule has 0 aromatic carbocycles. The van der Waals surface area contributed by atoms with Crippen molar-refractivity contribution in [2.24, 2.45) is 0 Å². The third kappa shape index (κ3) is 9.56. The Bertz CT molecular complexity index is 274. The molecule has 0 aliphatic rings. The molecular weight excluding hydrogens is 240 g/mol. The van der Waals surface area contributed by atoms with E-state index in [1.807, 2.05) is 0 Å². The molecule has 0 fully saturated rings. The lowest BCUT2D eigenvalue weighted by Gasteiger charge is -2.12. The lowest BCUT2D eigenvalue weighted by atomic mass is 10.0. The summed E-state index contributed by atoms with van der Waals surface area (Å²) in [7, 11) is -3.94. The fourth-order valence-corrected chi connectivity index (χ4v) is 2.14. The van der Waals surface area contributed by atoms with Crippen LogP contribution in [-0.4, -0.2) is 29.4 Å². The van der Waals surface area contributed by atoms with Gasteiger partial charge in [-0.2, -0.15) is 8.42 Å². The van der Waals surface area contributed by atoms with E-state index in [1.54, 1.807) is 0 Å². The summed E-state index contributed by atoms with van der Waals surface area (Å²) in [4.78, 5) is 0. The molecule has 0 heterocycles. The van der Waals surface area contributed by atoms with Gasteiger partial charge in [0.05, 0.1) is 11.4 Å². The second kappa shape index (κ2) is 8.89. The smallest absolute Gasteiger partial charge is 0.267 e. The van der Waals surface area contributed by atoms with Crippen molar-refractivity contribution in [3.8, 4) is 0 Å². The molecule has 0 spiro atoms. The molecular formula is C12H26O4S. The number of unbranched alkanes of at least 4 members (excludes halogenated alkanes) is 4. The highest BCUT2D eigenvalue weighted by molar-refractivity contribution is 7.86. The Labute approximate surface area is 105 Å². The van der Waals surface area contributed by atoms with Gasteiger partial charge in [0.25, 0.3) is 10.1 Å². The Kier molecular flexibility index (Phi) is 8.82. The molecule has 0 saturated heterocycles. The van der Waals surface area contributed by atoms with Crippen LogP contribution in [-0.2, 0) is 10.1 Å². The van der Waals surface area contributed by atoms with Crippen molar-refractivity contribution in [1.82, 2.24) is 0 Å². The van der Waals surface area contributed by atoms with E-state index in [2.05, 4.69) is 6.92 Å². The number of rotatable bonds is 10. The lowest BCUT2D eigenvalue weighted by molar-refractivity contribution is 0.148. The molecule has 0 radical (unpaired) electrons. The molecule has 0 amide bonds. The van der Waals surface area contributed by atoms with Crippen molar-refractivity contribution in [3.05, 3.63) is 0 Å². The van der Waals surface area contributed by atoms with Gasteiger partial charge in [0.1, 0.15) is 0 Å². The summed E-state index contributed by atoms with van der Waals surface area (Å²) in [5, 5.41) is 8.86. The first-order valence-electron chi connectivity index (χ1n) is 6.52. The highest BCUT2D eigenvalue weighted by Gasteiger charge is 2.18. The van der Waals surface area contributed by atoms with Crippen LogP contribution in [0.1, 0.15) is 65.2 Å². The fourth-order valence-electron chi connectivity index (χ4n) is 1.70. The summed E-state index contributed by atoms with van der Waals surface area (Å²) in [5.74, 6) is 0. The van der Waals surface area contributed by atoms with E-state index < -0.39 is 21.5 Å². The molecule has 0 aliphatic carbocycles. The van der Waals surface area contributed by atoms with Gasteiger partial charge in [-0.05, 0) is 26.2 Å². The molecule has 2 unspecified atom stereocenters. The number of aliphatic hydroxyl groups excluding tert-OH is 1. The molecule has 5 heteroatoms. The Balaban J connectivity index is 3.56. The minimum Gasteiger partial charge on any atom is -0.393 e. The summed E-state index contributed by atoms with van der Waals surface area (Å²) in [6, 6.07) is 0. The second-order valence-corrected chi connectivity index (χ2v) is 6.59. The van der Waals surface area contributed by atoms with Gasteiger partial charge in [-0.15, -0.1) is 0 Å². The van der Waals surface area contributed by atoms with Crippen LogP contribution in [0.5, 0.6) is 0 Å². The van der Waals surface area contributed by atoms with E-state index in [0.29, 0.717) is 12.8 Å². The van der Waals surface area contributed by atoms with E-state index >= 15 is 0 Å². The van der Waals surface area contributed by atoms with Crippen LogP contribution in [0.4, 0.5) is 0 Å².